The normalized spacial score (nSPS) is 11.6. The first-order chi connectivity index (χ1) is 17.9. The van der Waals surface area contributed by atoms with Crippen molar-refractivity contribution in [2.45, 2.75) is 20.8 Å². The molecule has 1 aromatic carbocycles. The van der Waals surface area contributed by atoms with Crippen molar-refractivity contribution < 1.29 is 9.18 Å². The van der Waals surface area contributed by atoms with Crippen LogP contribution in [0.1, 0.15) is 19.5 Å². The second-order valence-electron chi connectivity index (χ2n) is 9.07. The highest BCUT2D eigenvalue weighted by molar-refractivity contribution is 5.97. The maximum atomic E-state index is 16.0. The van der Waals surface area contributed by atoms with Crippen molar-refractivity contribution in [3.8, 4) is 28.5 Å². The number of aromatic amines is 2. The summed E-state index contributed by atoms with van der Waals surface area (Å²) in [6, 6.07) is 6.92. The second kappa shape index (κ2) is 8.63. The third kappa shape index (κ3) is 3.90. The number of pyridine rings is 2. The van der Waals surface area contributed by atoms with Crippen LogP contribution in [0.2, 0.25) is 0 Å². The van der Waals surface area contributed by atoms with Crippen molar-refractivity contribution >= 4 is 33.5 Å². The Morgan fingerprint density at radius 2 is 2.00 bits per heavy atom. The third-order valence-corrected chi connectivity index (χ3v) is 6.07. The molecule has 0 unspecified atom stereocenters. The van der Waals surface area contributed by atoms with Crippen LogP contribution in [-0.4, -0.2) is 45.6 Å². The Morgan fingerprint density at radius 3 is 2.78 bits per heavy atom. The molecule has 6 rings (SSSR count). The number of carbonyl (C=O) groups excluding carboxylic acids is 1. The Kier molecular flexibility index (Phi) is 5.25. The monoisotopic (exact) mass is 495 g/mol. The number of carbonyl (C=O) groups is 1. The summed E-state index contributed by atoms with van der Waals surface area (Å²) in [5.74, 6) is 0.200. The molecule has 0 spiro atoms. The zero-order valence-corrected chi connectivity index (χ0v) is 20.2. The van der Waals surface area contributed by atoms with E-state index in [1.54, 1.807) is 61.4 Å². The molecule has 6 aromatic rings. The molecule has 5 aromatic heterocycles. The van der Waals surface area contributed by atoms with E-state index in [0.29, 0.717) is 50.6 Å². The van der Waals surface area contributed by atoms with Gasteiger partial charge in [-0.1, -0.05) is 13.8 Å². The van der Waals surface area contributed by atoms with Gasteiger partial charge in [0.2, 0.25) is 5.91 Å². The number of amides is 1. The van der Waals surface area contributed by atoms with E-state index in [2.05, 4.69) is 35.5 Å². The standard InChI is InChI=1S/C26H22FN9O/c1-13(2)26(37)31-16-8-15(9-28-10-16)17-4-5-18-20(21(17)27)23(35-34-18)24-32-19-6-7-29-25(22(19)33-24)36-11-14(3)30-12-36/h4-13H,1-3H3,(H,31,37)(H,32,33)(H,34,35). The van der Waals surface area contributed by atoms with Gasteiger partial charge in [0.05, 0.1) is 34.0 Å². The van der Waals surface area contributed by atoms with E-state index >= 15 is 4.39 Å². The zero-order valence-electron chi connectivity index (χ0n) is 20.2. The van der Waals surface area contributed by atoms with E-state index in [9.17, 15) is 4.79 Å². The molecule has 5 heterocycles. The molecule has 37 heavy (non-hydrogen) atoms. The first-order valence-electron chi connectivity index (χ1n) is 11.7. The van der Waals surface area contributed by atoms with Gasteiger partial charge in [-0.3, -0.25) is 19.4 Å². The fourth-order valence-electron chi connectivity index (χ4n) is 4.17. The van der Waals surface area contributed by atoms with Gasteiger partial charge in [-0.2, -0.15) is 5.10 Å². The van der Waals surface area contributed by atoms with Gasteiger partial charge in [-0.25, -0.2) is 19.3 Å². The second-order valence-corrected chi connectivity index (χ2v) is 9.07. The minimum absolute atomic E-state index is 0.142. The van der Waals surface area contributed by atoms with Crippen LogP contribution in [0, 0.1) is 18.7 Å². The molecule has 0 radical (unpaired) electrons. The van der Waals surface area contributed by atoms with E-state index in [1.807, 2.05) is 13.1 Å². The number of aromatic nitrogens is 8. The largest absolute Gasteiger partial charge is 0.336 e. The number of anilines is 1. The molecule has 0 aliphatic heterocycles. The highest BCUT2D eigenvalue weighted by Crippen LogP contribution is 2.34. The Labute approximate surface area is 210 Å². The summed E-state index contributed by atoms with van der Waals surface area (Å²) in [5, 5.41) is 10.4. The summed E-state index contributed by atoms with van der Waals surface area (Å²) in [5.41, 5.74) is 4.42. The molecule has 0 bridgehead atoms. The Bertz CT molecular complexity index is 1800. The molecule has 0 fully saturated rings. The molecule has 11 heteroatoms. The molecular formula is C26H22FN9O. The number of hydrogen-bond acceptors (Lipinski definition) is 6. The predicted octanol–water partition coefficient (Wildman–Crippen LogP) is 4.79. The molecule has 0 saturated heterocycles. The predicted molar refractivity (Wildman–Crippen MR) is 137 cm³/mol. The molecule has 0 aliphatic carbocycles. The van der Waals surface area contributed by atoms with E-state index in [0.717, 1.165) is 11.2 Å². The fraction of sp³-hybridized carbons (Fsp3) is 0.154. The van der Waals surface area contributed by atoms with Gasteiger partial charge in [0.25, 0.3) is 0 Å². The lowest BCUT2D eigenvalue weighted by atomic mass is 10.0. The van der Waals surface area contributed by atoms with E-state index in [-0.39, 0.29) is 11.8 Å². The van der Waals surface area contributed by atoms with Gasteiger partial charge in [0, 0.05) is 35.6 Å². The highest BCUT2D eigenvalue weighted by Gasteiger charge is 2.21. The van der Waals surface area contributed by atoms with Gasteiger partial charge < -0.3 is 10.3 Å². The lowest BCUT2D eigenvalue weighted by Gasteiger charge is -2.10. The number of nitrogens with zero attached hydrogens (tertiary/aromatic N) is 6. The Hall–Kier alpha value is -4.93. The molecule has 0 atom stereocenters. The maximum absolute atomic E-state index is 16.0. The lowest BCUT2D eigenvalue weighted by molar-refractivity contribution is -0.118. The van der Waals surface area contributed by atoms with Crippen molar-refractivity contribution in [2.24, 2.45) is 5.92 Å². The first kappa shape index (κ1) is 22.5. The average Bonchev–Trinajstić information content (AvgIpc) is 3.62. The van der Waals surface area contributed by atoms with Gasteiger partial charge in [0.15, 0.2) is 11.6 Å². The highest BCUT2D eigenvalue weighted by atomic mass is 19.1. The molecule has 0 saturated carbocycles. The smallest absolute Gasteiger partial charge is 0.226 e. The van der Waals surface area contributed by atoms with Gasteiger partial charge >= 0.3 is 0 Å². The number of benzene rings is 1. The minimum Gasteiger partial charge on any atom is -0.336 e. The summed E-state index contributed by atoms with van der Waals surface area (Å²) in [6.07, 6.45) is 8.30. The van der Waals surface area contributed by atoms with Crippen molar-refractivity contribution in [3.05, 3.63) is 66.9 Å². The number of nitrogens with one attached hydrogen (secondary N) is 3. The summed E-state index contributed by atoms with van der Waals surface area (Å²) in [4.78, 5) is 33.0. The number of H-pyrrole nitrogens is 2. The van der Waals surface area contributed by atoms with Crippen LogP contribution in [-0.2, 0) is 4.79 Å². The van der Waals surface area contributed by atoms with E-state index in [1.165, 1.54) is 6.20 Å². The maximum Gasteiger partial charge on any atom is 0.226 e. The summed E-state index contributed by atoms with van der Waals surface area (Å²) >= 11 is 0. The number of rotatable bonds is 5. The van der Waals surface area contributed by atoms with Gasteiger partial charge in [-0.05, 0) is 31.2 Å². The van der Waals surface area contributed by atoms with Crippen LogP contribution < -0.4 is 5.32 Å². The number of hydrogen-bond donors (Lipinski definition) is 3. The number of aryl methyl sites for hydroxylation is 1. The molecule has 1 amide bonds. The van der Waals surface area contributed by atoms with Crippen LogP contribution in [0.3, 0.4) is 0 Å². The molecular weight excluding hydrogens is 473 g/mol. The molecule has 10 nitrogen and oxygen atoms in total. The Balaban J connectivity index is 1.45. The topological polar surface area (TPSA) is 130 Å². The lowest BCUT2D eigenvalue weighted by Crippen LogP contribution is -2.17. The Morgan fingerprint density at radius 1 is 1.14 bits per heavy atom. The number of imidazole rings is 2. The van der Waals surface area contributed by atoms with E-state index < -0.39 is 5.82 Å². The zero-order chi connectivity index (χ0) is 25.7. The van der Waals surface area contributed by atoms with Gasteiger partial charge in [0.1, 0.15) is 23.4 Å². The van der Waals surface area contributed by atoms with Crippen LogP contribution in [0.4, 0.5) is 10.1 Å². The number of halogens is 1. The fourth-order valence-corrected chi connectivity index (χ4v) is 4.17. The summed E-state index contributed by atoms with van der Waals surface area (Å²) in [6.45, 7) is 5.49. The van der Waals surface area contributed by atoms with E-state index in [4.69, 9.17) is 4.98 Å². The molecule has 3 N–H and O–H groups in total. The summed E-state index contributed by atoms with van der Waals surface area (Å²) < 4.78 is 17.8. The van der Waals surface area contributed by atoms with Gasteiger partial charge in [-0.15, -0.1) is 0 Å². The average molecular weight is 496 g/mol. The summed E-state index contributed by atoms with van der Waals surface area (Å²) in [7, 11) is 0. The molecule has 0 aliphatic rings. The minimum atomic E-state index is -0.473. The van der Waals surface area contributed by atoms with Crippen molar-refractivity contribution in [3.63, 3.8) is 0 Å². The third-order valence-electron chi connectivity index (χ3n) is 6.07. The molecule has 184 valence electrons. The first-order valence-corrected chi connectivity index (χ1v) is 11.7. The van der Waals surface area contributed by atoms with Crippen LogP contribution >= 0.6 is 0 Å². The van der Waals surface area contributed by atoms with Crippen molar-refractivity contribution in [2.75, 3.05) is 5.32 Å². The van der Waals surface area contributed by atoms with Crippen LogP contribution in [0.15, 0.2) is 55.4 Å². The van der Waals surface area contributed by atoms with Crippen molar-refractivity contribution in [1.82, 2.24) is 39.7 Å². The van der Waals surface area contributed by atoms with Crippen LogP contribution in [0.5, 0.6) is 0 Å². The number of fused-ring (bicyclic) bond motifs is 2. The SMILES string of the molecule is Cc1cn(-c2nccc3[nH]c(-c4n[nH]c5ccc(-c6cncc(NC(=O)C(C)C)c6)c(F)c45)nc23)cn1. The van der Waals surface area contributed by atoms with Crippen molar-refractivity contribution in [1.29, 1.82) is 0 Å². The van der Waals surface area contributed by atoms with Crippen LogP contribution in [0.25, 0.3) is 50.4 Å². The quantitative estimate of drug-likeness (QED) is 0.315.